The van der Waals surface area contributed by atoms with Gasteiger partial charge in [-0.3, -0.25) is 4.18 Å². The number of carboxylic acid groups (broad SMARTS) is 1. The molecule has 0 aromatic heterocycles. The summed E-state index contributed by atoms with van der Waals surface area (Å²) in [6, 6.07) is -0.313. The Kier molecular flexibility index (Phi) is 2.77. The Morgan fingerprint density at radius 2 is 2.31 bits per heavy atom. The van der Waals surface area contributed by atoms with Crippen LogP contribution in [0.5, 0.6) is 0 Å². The average Bonchev–Trinajstić information content (AvgIpc) is 1.79. The molecule has 1 atom stereocenters. The lowest BCUT2D eigenvalue weighted by Gasteiger charge is -2.37. The molecule has 13 heavy (non-hydrogen) atoms. The van der Waals surface area contributed by atoms with Crippen molar-refractivity contribution in [2.75, 3.05) is 19.4 Å². The van der Waals surface area contributed by atoms with Crippen LogP contribution in [0.4, 0.5) is 4.79 Å². The van der Waals surface area contributed by atoms with Crippen LogP contribution >= 0.6 is 0 Å². The molecular formula is C6H11NO5S. The molecule has 1 saturated heterocycles. The highest BCUT2D eigenvalue weighted by molar-refractivity contribution is 7.85. The fourth-order valence-corrected chi connectivity index (χ4v) is 1.47. The fourth-order valence-electron chi connectivity index (χ4n) is 1.07. The van der Waals surface area contributed by atoms with E-state index in [0.29, 0.717) is 13.0 Å². The Hall–Kier alpha value is -0.820. The van der Waals surface area contributed by atoms with Gasteiger partial charge < -0.3 is 10.0 Å². The minimum Gasteiger partial charge on any atom is -0.465 e. The molecule has 0 radical (unpaired) electrons. The third-order valence-corrected chi connectivity index (χ3v) is 2.43. The third-order valence-electron chi connectivity index (χ3n) is 1.86. The molecule has 0 saturated carbocycles. The van der Waals surface area contributed by atoms with Crippen LogP contribution in [0.25, 0.3) is 0 Å². The van der Waals surface area contributed by atoms with E-state index >= 15 is 0 Å². The standard InChI is InChI=1S/C6H11NO5S/c1-13(10,11)12-4-5-2-3-7(5)6(8)9/h5H,2-4H2,1H3,(H,8,9)/t5-/m1/s1. The Labute approximate surface area is 76.2 Å². The van der Waals surface area contributed by atoms with E-state index in [1.807, 2.05) is 0 Å². The van der Waals surface area contributed by atoms with Crippen molar-refractivity contribution in [1.29, 1.82) is 0 Å². The second kappa shape index (κ2) is 3.51. The first-order valence-corrected chi connectivity index (χ1v) is 5.56. The number of hydrogen-bond acceptors (Lipinski definition) is 4. The summed E-state index contributed by atoms with van der Waals surface area (Å²) in [5, 5.41) is 8.55. The summed E-state index contributed by atoms with van der Waals surface area (Å²) in [6.45, 7) is 0.373. The Bertz CT molecular complexity index is 298. The van der Waals surface area contributed by atoms with Crippen molar-refractivity contribution in [3.05, 3.63) is 0 Å². The van der Waals surface area contributed by atoms with E-state index in [1.54, 1.807) is 0 Å². The fraction of sp³-hybridized carbons (Fsp3) is 0.833. The SMILES string of the molecule is CS(=O)(=O)OC[C@H]1CCN1C(=O)O. The number of hydrogen-bond donors (Lipinski definition) is 1. The normalized spacial score (nSPS) is 22.5. The number of amides is 1. The van der Waals surface area contributed by atoms with Crippen LogP contribution in [0, 0.1) is 0 Å². The highest BCUT2D eigenvalue weighted by atomic mass is 32.2. The molecule has 1 amide bonds. The van der Waals surface area contributed by atoms with Crippen molar-refractivity contribution in [2.45, 2.75) is 12.5 Å². The summed E-state index contributed by atoms with van der Waals surface area (Å²) < 4.78 is 25.6. The lowest BCUT2D eigenvalue weighted by Crippen LogP contribution is -2.52. The van der Waals surface area contributed by atoms with Gasteiger partial charge in [-0.15, -0.1) is 0 Å². The first-order valence-electron chi connectivity index (χ1n) is 3.74. The summed E-state index contributed by atoms with van der Waals surface area (Å²) >= 11 is 0. The molecule has 0 bridgehead atoms. The Morgan fingerprint density at radius 3 is 2.62 bits per heavy atom. The molecule has 6 nitrogen and oxygen atoms in total. The van der Waals surface area contributed by atoms with Crippen LogP contribution in [0.3, 0.4) is 0 Å². The maximum absolute atomic E-state index is 10.6. The van der Waals surface area contributed by atoms with Gasteiger partial charge in [0.15, 0.2) is 0 Å². The molecular weight excluding hydrogens is 198 g/mol. The summed E-state index contributed by atoms with van der Waals surface area (Å²) in [6.07, 6.45) is 0.562. The quantitative estimate of drug-likeness (QED) is 0.646. The molecule has 1 heterocycles. The molecule has 1 aliphatic rings. The predicted octanol–water partition coefficient (Wildman–Crippen LogP) is -0.285. The molecule has 1 fully saturated rings. The zero-order valence-electron chi connectivity index (χ0n) is 7.13. The number of rotatable bonds is 3. The van der Waals surface area contributed by atoms with Gasteiger partial charge in [-0.1, -0.05) is 0 Å². The second-order valence-electron chi connectivity index (χ2n) is 2.91. The lowest BCUT2D eigenvalue weighted by atomic mass is 10.1. The van der Waals surface area contributed by atoms with Crippen LogP contribution in [-0.4, -0.2) is 50.0 Å². The van der Waals surface area contributed by atoms with Crippen LogP contribution in [-0.2, 0) is 14.3 Å². The highest BCUT2D eigenvalue weighted by Crippen LogP contribution is 2.17. The van der Waals surface area contributed by atoms with Gasteiger partial charge in [0.25, 0.3) is 10.1 Å². The van der Waals surface area contributed by atoms with Gasteiger partial charge >= 0.3 is 6.09 Å². The van der Waals surface area contributed by atoms with Crippen molar-refractivity contribution in [1.82, 2.24) is 4.90 Å². The van der Waals surface area contributed by atoms with Crippen molar-refractivity contribution in [3.63, 3.8) is 0 Å². The van der Waals surface area contributed by atoms with Gasteiger partial charge in [-0.05, 0) is 6.42 Å². The zero-order chi connectivity index (χ0) is 10.1. The van der Waals surface area contributed by atoms with Crippen molar-refractivity contribution in [3.8, 4) is 0 Å². The number of carbonyl (C=O) groups is 1. The minimum absolute atomic E-state index is 0.0782. The number of likely N-dealkylation sites (tertiary alicyclic amines) is 1. The molecule has 0 aromatic rings. The van der Waals surface area contributed by atoms with Crippen LogP contribution in [0.15, 0.2) is 0 Å². The molecule has 0 spiro atoms. The smallest absolute Gasteiger partial charge is 0.407 e. The largest absolute Gasteiger partial charge is 0.465 e. The van der Waals surface area contributed by atoms with E-state index in [2.05, 4.69) is 4.18 Å². The Balaban J connectivity index is 2.35. The van der Waals surface area contributed by atoms with Gasteiger partial charge in [0.2, 0.25) is 0 Å². The van der Waals surface area contributed by atoms with Gasteiger partial charge in [-0.2, -0.15) is 8.42 Å². The van der Waals surface area contributed by atoms with Gasteiger partial charge in [0.1, 0.15) is 0 Å². The topological polar surface area (TPSA) is 83.9 Å². The maximum atomic E-state index is 10.6. The minimum atomic E-state index is -3.46. The summed E-state index contributed by atoms with van der Waals surface area (Å²) in [7, 11) is -3.46. The molecule has 0 unspecified atom stereocenters. The first kappa shape index (κ1) is 10.3. The number of nitrogens with zero attached hydrogens (tertiary/aromatic N) is 1. The maximum Gasteiger partial charge on any atom is 0.407 e. The summed E-state index contributed by atoms with van der Waals surface area (Å²) in [5.74, 6) is 0. The van der Waals surface area contributed by atoms with E-state index in [4.69, 9.17) is 5.11 Å². The summed E-state index contributed by atoms with van der Waals surface area (Å²) in [5.41, 5.74) is 0. The van der Waals surface area contributed by atoms with E-state index < -0.39 is 16.2 Å². The highest BCUT2D eigenvalue weighted by Gasteiger charge is 2.32. The molecule has 0 aromatic carbocycles. The van der Waals surface area contributed by atoms with Crippen LogP contribution < -0.4 is 0 Å². The van der Waals surface area contributed by atoms with Crippen LogP contribution in [0.2, 0.25) is 0 Å². The van der Waals surface area contributed by atoms with E-state index in [9.17, 15) is 13.2 Å². The predicted molar refractivity (Wildman–Crippen MR) is 43.9 cm³/mol. The molecule has 1 aliphatic heterocycles. The molecule has 0 aliphatic carbocycles. The van der Waals surface area contributed by atoms with Gasteiger partial charge in [0, 0.05) is 6.54 Å². The van der Waals surface area contributed by atoms with Crippen molar-refractivity contribution in [2.24, 2.45) is 0 Å². The zero-order valence-corrected chi connectivity index (χ0v) is 7.95. The monoisotopic (exact) mass is 209 g/mol. The van der Waals surface area contributed by atoms with E-state index in [-0.39, 0.29) is 12.6 Å². The first-order chi connectivity index (χ1) is 5.90. The molecule has 7 heteroatoms. The van der Waals surface area contributed by atoms with Crippen molar-refractivity contribution >= 4 is 16.2 Å². The average molecular weight is 209 g/mol. The second-order valence-corrected chi connectivity index (χ2v) is 4.55. The third kappa shape index (κ3) is 2.85. The molecule has 1 N–H and O–H groups in total. The summed E-state index contributed by atoms with van der Waals surface area (Å²) in [4.78, 5) is 11.6. The lowest BCUT2D eigenvalue weighted by molar-refractivity contribution is 0.0515. The molecule has 76 valence electrons. The van der Waals surface area contributed by atoms with Gasteiger partial charge in [0.05, 0.1) is 18.9 Å². The molecule has 1 rings (SSSR count). The Morgan fingerprint density at radius 1 is 1.69 bits per heavy atom. The van der Waals surface area contributed by atoms with Gasteiger partial charge in [-0.25, -0.2) is 4.79 Å². The van der Waals surface area contributed by atoms with Crippen molar-refractivity contribution < 1.29 is 22.5 Å². The van der Waals surface area contributed by atoms with Crippen LogP contribution in [0.1, 0.15) is 6.42 Å². The van der Waals surface area contributed by atoms with E-state index in [1.165, 1.54) is 0 Å². The van der Waals surface area contributed by atoms with E-state index in [0.717, 1.165) is 11.2 Å².